The molecule has 26 heavy (non-hydrogen) atoms. The summed E-state index contributed by atoms with van der Waals surface area (Å²) in [5.41, 5.74) is -4.27. The molecular weight excluding hydrogens is 393 g/mol. The first kappa shape index (κ1) is 21.1. The molecular formula is C16H20ClF3N2O3S. The van der Waals surface area contributed by atoms with Crippen LogP contribution >= 0.6 is 11.6 Å². The average Bonchev–Trinajstić information content (AvgIpc) is 2.79. The maximum atomic E-state index is 10.7. The van der Waals surface area contributed by atoms with Crippen LogP contribution in [0.25, 0.3) is 0 Å². The molecule has 0 aromatic heterocycles. The van der Waals surface area contributed by atoms with Crippen LogP contribution < -0.4 is 0 Å². The largest absolute Gasteiger partial charge is 0.741 e. The van der Waals surface area contributed by atoms with Crippen molar-refractivity contribution in [3.05, 3.63) is 29.3 Å². The van der Waals surface area contributed by atoms with Crippen molar-refractivity contribution in [3.63, 3.8) is 0 Å². The lowest BCUT2D eigenvalue weighted by atomic mass is 9.74. The lowest BCUT2D eigenvalue weighted by Gasteiger charge is -2.28. The van der Waals surface area contributed by atoms with Crippen molar-refractivity contribution >= 4 is 27.4 Å². The van der Waals surface area contributed by atoms with Crippen LogP contribution in [0.15, 0.2) is 29.4 Å². The summed E-state index contributed by atoms with van der Waals surface area (Å²) in [6, 6.07) is 8.66. The summed E-state index contributed by atoms with van der Waals surface area (Å²) in [6.45, 7) is 4.61. The van der Waals surface area contributed by atoms with Gasteiger partial charge >= 0.3 is 5.51 Å². The molecule has 1 aromatic carbocycles. The summed E-state index contributed by atoms with van der Waals surface area (Å²) >= 11 is 5.96. The van der Waals surface area contributed by atoms with Crippen LogP contribution in [0, 0.1) is 5.92 Å². The fourth-order valence-corrected chi connectivity index (χ4v) is 3.48. The average molecular weight is 413 g/mol. The highest BCUT2D eigenvalue weighted by Crippen LogP contribution is 2.45. The van der Waals surface area contributed by atoms with Gasteiger partial charge in [-0.1, -0.05) is 30.1 Å². The summed E-state index contributed by atoms with van der Waals surface area (Å²) in [4.78, 5) is 0. The first-order valence-electron chi connectivity index (χ1n) is 8.15. The van der Waals surface area contributed by atoms with E-state index in [9.17, 15) is 13.2 Å². The first-order valence-corrected chi connectivity index (χ1v) is 9.94. The molecule has 0 spiro atoms. The second-order valence-electron chi connectivity index (χ2n) is 6.83. The number of rotatable bonds is 2. The van der Waals surface area contributed by atoms with E-state index in [0.29, 0.717) is 12.0 Å². The van der Waals surface area contributed by atoms with Crippen molar-refractivity contribution in [2.45, 2.75) is 56.6 Å². The number of halogens is 4. The van der Waals surface area contributed by atoms with Crippen LogP contribution in [0.4, 0.5) is 18.9 Å². The van der Waals surface area contributed by atoms with Crippen LogP contribution in [0.2, 0.25) is 5.02 Å². The van der Waals surface area contributed by atoms with Gasteiger partial charge in [0, 0.05) is 30.0 Å². The highest BCUT2D eigenvalue weighted by atomic mass is 35.5. The van der Waals surface area contributed by atoms with Crippen LogP contribution in [0.1, 0.15) is 39.5 Å². The molecule has 0 unspecified atom stereocenters. The van der Waals surface area contributed by atoms with Crippen molar-refractivity contribution < 1.29 is 30.8 Å². The third kappa shape index (κ3) is 4.55. The summed E-state index contributed by atoms with van der Waals surface area (Å²) in [7, 11) is -6.09. The number of alkyl halides is 3. The lowest BCUT2D eigenvalue weighted by molar-refractivity contribution is -0.538. The zero-order valence-electron chi connectivity index (χ0n) is 14.3. The molecule has 2 bridgehead atoms. The SMILES string of the molecule is CC(C)[C@]12CCC[C@H](C1)[N+](c1ccc(Cl)cc1)=N2.O=S(=O)([O-])C(F)(F)F. The Morgan fingerprint density at radius 1 is 1.31 bits per heavy atom. The van der Waals surface area contributed by atoms with E-state index in [2.05, 4.69) is 30.7 Å². The third-order valence-electron chi connectivity index (χ3n) is 4.84. The maximum absolute atomic E-state index is 10.7. The quantitative estimate of drug-likeness (QED) is 0.396. The van der Waals surface area contributed by atoms with Crippen LogP contribution in [-0.2, 0) is 10.1 Å². The van der Waals surface area contributed by atoms with E-state index in [1.54, 1.807) is 0 Å². The van der Waals surface area contributed by atoms with Crippen LogP contribution in [0.5, 0.6) is 0 Å². The summed E-state index contributed by atoms with van der Waals surface area (Å²) in [5.74, 6) is 0.623. The fourth-order valence-electron chi connectivity index (χ4n) is 3.35. The van der Waals surface area contributed by atoms with Crippen LogP contribution in [-0.4, -0.2) is 34.8 Å². The third-order valence-corrected chi connectivity index (χ3v) is 5.66. The minimum atomic E-state index is -6.09. The molecule has 0 saturated heterocycles. The first-order chi connectivity index (χ1) is 11.9. The second-order valence-corrected chi connectivity index (χ2v) is 8.64. The van der Waals surface area contributed by atoms with Gasteiger partial charge in [0.15, 0.2) is 16.2 Å². The standard InChI is InChI=1S/C15H20ClN2.CHF3O3S/c1-11(2)15-9-3-4-14(10-15)18(17-15)13-7-5-12(16)6-8-13;2-1(3,4)8(5,6)7/h5-8,11,14H,3-4,9-10H2,1-2H3;(H,5,6,7)/q+1;/p-1/t14-,15+;/m1./s1. The Morgan fingerprint density at radius 2 is 1.85 bits per heavy atom. The molecule has 1 aliphatic heterocycles. The van der Waals surface area contributed by atoms with Gasteiger partial charge in [0.25, 0.3) is 0 Å². The number of azo groups is 2. The van der Waals surface area contributed by atoms with Crippen molar-refractivity contribution in [3.8, 4) is 0 Å². The van der Waals surface area contributed by atoms with Crippen molar-refractivity contribution in [1.82, 2.24) is 0 Å². The molecule has 1 heterocycles. The summed E-state index contributed by atoms with van der Waals surface area (Å²) in [6.07, 6.45) is 5.02. The van der Waals surface area contributed by atoms with E-state index >= 15 is 0 Å². The molecule has 2 aliphatic rings. The zero-order valence-corrected chi connectivity index (χ0v) is 15.9. The number of fused-ring (bicyclic) bond motifs is 2. The van der Waals surface area contributed by atoms with Crippen molar-refractivity contribution in [1.29, 1.82) is 0 Å². The molecule has 10 heteroatoms. The predicted molar refractivity (Wildman–Crippen MR) is 89.4 cm³/mol. The molecule has 0 amide bonds. The van der Waals surface area contributed by atoms with Gasteiger partial charge < -0.3 is 4.55 Å². The molecule has 146 valence electrons. The number of nitrogens with zero attached hydrogens (tertiary/aromatic N) is 2. The van der Waals surface area contributed by atoms with E-state index in [-0.39, 0.29) is 5.54 Å². The maximum Gasteiger partial charge on any atom is 0.485 e. The normalized spacial score (nSPS) is 25.5. The number of hydrogen-bond acceptors (Lipinski definition) is 4. The van der Waals surface area contributed by atoms with Crippen LogP contribution in [0.3, 0.4) is 0 Å². The highest BCUT2D eigenvalue weighted by molar-refractivity contribution is 7.86. The van der Waals surface area contributed by atoms with E-state index in [0.717, 1.165) is 5.02 Å². The predicted octanol–water partition coefficient (Wildman–Crippen LogP) is 4.84. The van der Waals surface area contributed by atoms with E-state index in [4.69, 9.17) is 29.7 Å². The monoisotopic (exact) mass is 412 g/mol. The van der Waals surface area contributed by atoms with Gasteiger partial charge in [-0.05, 0) is 36.0 Å². The summed E-state index contributed by atoms with van der Waals surface area (Å²) in [5, 5.41) is 5.86. The Labute approximate surface area is 155 Å². The van der Waals surface area contributed by atoms with Gasteiger partial charge in [0.1, 0.15) is 5.54 Å². The van der Waals surface area contributed by atoms with Gasteiger partial charge in [-0.2, -0.15) is 13.2 Å². The zero-order chi connectivity index (χ0) is 19.8. The number of benzene rings is 1. The molecule has 0 radical (unpaired) electrons. The summed E-state index contributed by atoms with van der Waals surface area (Å²) < 4.78 is 61.2. The van der Waals surface area contributed by atoms with E-state index in [1.807, 2.05) is 12.1 Å². The molecule has 0 N–H and O–H groups in total. The molecule has 3 rings (SSSR count). The van der Waals surface area contributed by atoms with Crippen molar-refractivity contribution in [2.24, 2.45) is 11.0 Å². The second kappa shape index (κ2) is 7.44. The lowest BCUT2D eigenvalue weighted by Crippen LogP contribution is -2.35. The minimum absolute atomic E-state index is 0.183. The van der Waals surface area contributed by atoms with Gasteiger partial charge in [0.2, 0.25) is 5.69 Å². The fraction of sp³-hybridized carbons (Fsp3) is 0.625. The molecule has 1 aliphatic carbocycles. The van der Waals surface area contributed by atoms with Gasteiger partial charge in [0.05, 0.1) is 0 Å². The van der Waals surface area contributed by atoms with Gasteiger partial charge in [-0.3, -0.25) is 0 Å². The van der Waals surface area contributed by atoms with E-state index in [1.165, 1.54) is 31.4 Å². The Morgan fingerprint density at radius 3 is 2.27 bits per heavy atom. The molecule has 1 aromatic rings. The smallest absolute Gasteiger partial charge is 0.485 e. The molecule has 1 fully saturated rings. The Bertz CT molecular complexity index is 779. The number of hydrogen-bond donors (Lipinski definition) is 0. The Balaban J connectivity index is 0.000000260. The van der Waals surface area contributed by atoms with Crippen molar-refractivity contribution in [2.75, 3.05) is 0 Å². The highest BCUT2D eigenvalue weighted by Gasteiger charge is 2.52. The Kier molecular flexibility index (Phi) is 6.04. The molecule has 1 saturated carbocycles. The molecule has 5 nitrogen and oxygen atoms in total. The minimum Gasteiger partial charge on any atom is -0.741 e. The molecule has 2 atom stereocenters. The van der Waals surface area contributed by atoms with Gasteiger partial charge in [-0.15, -0.1) is 0 Å². The topological polar surface area (TPSA) is 72.6 Å². The van der Waals surface area contributed by atoms with E-state index < -0.39 is 15.6 Å². The Hall–Kier alpha value is -1.19. The van der Waals surface area contributed by atoms with Gasteiger partial charge in [-0.25, -0.2) is 8.42 Å².